The van der Waals surface area contributed by atoms with Crippen LogP contribution in [0.15, 0.2) is 0 Å². The van der Waals surface area contributed by atoms with Crippen LogP contribution in [0.2, 0.25) is 0 Å². The van der Waals surface area contributed by atoms with Crippen molar-refractivity contribution >= 4 is 41.5 Å². The SMILES string of the molecule is O.O.O.O=C(O)CCC(=O)O.[NaH]. The second-order valence-corrected chi connectivity index (χ2v) is 1.29. The molecule has 0 aliphatic carbocycles. The predicted octanol–water partition coefficient (Wildman–Crippen LogP) is -3.19. The van der Waals surface area contributed by atoms with Crippen LogP contribution < -0.4 is 0 Å². The second-order valence-electron chi connectivity index (χ2n) is 1.29. The number of carbonyl (C=O) groups is 2. The maximum absolute atomic E-state index is 9.64. The van der Waals surface area contributed by atoms with E-state index >= 15 is 0 Å². The molecule has 0 amide bonds. The summed E-state index contributed by atoms with van der Waals surface area (Å²) in [7, 11) is 0. The molecular formula is C4H13NaO7. The molecule has 0 fully saturated rings. The molecule has 0 atom stereocenters. The van der Waals surface area contributed by atoms with Crippen molar-refractivity contribution in [2.24, 2.45) is 0 Å². The Balaban J connectivity index is -0.0000000408. The Morgan fingerprint density at radius 2 is 1.00 bits per heavy atom. The average molecular weight is 196 g/mol. The monoisotopic (exact) mass is 196 g/mol. The van der Waals surface area contributed by atoms with Gasteiger partial charge in [0.25, 0.3) is 0 Å². The molecule has 8 N–H and O–H groups in total. The number of hydrogen-bond acceptors (Lipinski definition) is 2. The van der Waals surface area contributed by atoms with E-state index in [-0.39, 0.29) is 58.8 Å². The van der Waals surface area contributed by atoms with E-state index in [4.69, 9.17) is 10.2 Å². The zero-order valence-corrected chi connectivity index (χ0v) is 5.63. The van der Waals surface area contributed by atoms with E-state index in [2.05, 4.69) is 0 Å². The third kappa shape index (κ3) is 32.9. The molecule has 0 bridgehead atoms. The molecule has 0 aromatic carbocycles. The van der Waals surface area contributed by atoms with Gasteiger partial charge in [-0.05, 0) is 0 Å². The molecule has 0 saturated carbocycles. The molecule has 0 aliphatic rings. The molecule has 0 aromatic rings. The van der Waals surface area contributed by atoms with Gasteiger partial charge in [-0.25, -0.2) is 0 Å². The fourth-order valence-corrected chi connectivity index (χ4v) is 0.214. The quantitative estimate of drug-likeness (QED) is 0.453. The van der Waals surface area contributed by atoms with Crippen LogP contribution in [0, 0.1) is 0 Å². The molecule has 0 unspecified atom stereocenters. The summed E-state index contributed by atoms with van der Waals surface area (Å²) in [6, 6.07) is 0. The molecule has 72 valence electrons. The minimum absolute atomic E-state index is 0. The van der Waals surface area contributed by atoms with Gasteiger partial charge in [-0.2, -0.15) is 0 Å². The van der Waals surface area contributed by atoms with Crippen molar-refractivity contribution in [2.45, 2.75) is 12.8 Å². The van der Waals surface area contributed by atoms with Gasteiger partial charge in [0.2, 0.25) is 0 Å². The van der Waals surface area contributed by atoms with E-state index in [1.807, 2.05) is 0 Å². The van der Waals surface area contributed by atoms with Crippen molar-refractivity contribution in [1.29, 1.82) is 0 Å². The first-order chi connectivity index (χ1) is 3.63. The first-order valence-electron chi connectivity index (χ1n) is 2.06. The molecule has 0 heterocycles. The fourth-order valence-electron chi connectivity index (χ4n) is 0.214. The van der Waals surface area contributed by atoms with Crippen molar-refractivity contribution in [3.63, 3.8) is 0 Å². The molecule has 8 heteroatoms. The number of hydrogen-bond donors (Lipinski definition) is 2. The molecule has 0 aliphatic heterocycles. The number of rotatable bonds is 3. The minimum atomic E-state index is -1.08. The standard InChI is InChI=1S/C4H6O4.Na.3H2O.H/c5-3(6)1-2-4(7)8;;;;;/h1-2H2,(H,5,6)(H,7,8);;3*1H2;. The van der Waals surface area contributed by atoms with Crippen LogP contribution in [-0.4, -0.2) is 68.1 Å². The topological polar surface area (TPSA) is 169 Å². The van der Waals surface area contributed by atoms with Crippen LogP contribution in [-0.2, 0) is 9.59 Å². The Labute approximate surface area is 90.6 Å². The van der Waals surface area contributed by atoms with E-state index in [0.29, 0.717) is 0 Å². The third-order valence-electron chi connectivity index (χ3n) is 0.553. The third-order valence-corrected chi connectivity index (χ3v) is 0.553. The predicted molar refractivity (Wildman–Crippen MR) is 42.5 cm³/mol. The van der Waals surface area contributed by atoms with Crippen molar-refractivity contribution in [3.8, 4) is 0 Å². The Kier molecular flexibility index (Phi) is 42.3. The molecule has 12 heavy (non-hydrogen) atoms. The molecule has 0 saturated heterocycles. The van der Waals surface area contributed by atoms with Gasteiger partial charge in [0.15, 0.2) is 0 Å². The first kappa shape index (κ1) is 29.8. The summed E-state index contributed by atoms with van der Waals surface area (Å²) in [6.07, 6.45) is -0.593. The summed E-state index contributed by atoms with van der Waals surface area (Å²) in [5, 5.41) is 15.8. The van der Waals surface area contributed by atoms with Gasteiger partial charge in [0.05, 0.1) is 12.8 Å². The summed E-state index contributed by atoms with van der Waals surface area (Å²) < 4.78 is 0. The normalized spacial score (nSPS) is 5.67. The van der Waals surface area contributed by atoms with Gasteiger partial charge in [-0.1, -0.05) is 0 Å². The maximum atomic E-state index is 9.64. The molecule has 0 spiro atoms. The molecule has 0 rings (SSSR count). The van der Waals surface area contributed by atoms with Gasteiger partial charge < -0.3 is 26.6 Å². The van der Waals surface area contributed by atoms with Gasteiger partial charge in [-0.3, -0.25) is 9.59 Å². The van der Waals surface area contributed by atoms with Crippen molar-refractivity contribution in [2.75, 3.05) is 0 Å². The van der Waals surface area contributed by atoms with Crippen LogP contribution >= 0.6 is 0 Å². The molecule has 0 aromatic heterocycles. The van der Waals surface area contributed by atoms with Crippen LogP contribution in [0.3, 0.4) is 0 Å². The van der Waals surface area contributed by atoms with Crippen molar-refractivity contribution in [3.05, 3.63) is 0 Å². The van der Waals surface area contributed by atoms with Crippen LogP contribution in [0.25, 0.3) is 0 Å². The summed E-state index contributed by atoms with van der Waals surface area (Å²) in [5.74, 6) is -2.15. The van der Waals surface area contributed by atoms with E-state index in [0.717, 1.165) is 0 Å². The molecule has 0 radical (unpaired) electrons. The summed E-state index contributed by atoms with van der Waals surface area (Å²) in [4.78, 5) is 19.3. The number of carboxylic acid groups (broad SMARTS) is 2. The molecular weight excluding hydrogens is 183 g/mol. The Morgan fingerprint density at radius 3 is 1.08 bits per heavy atom. The van der Waals surface area contributed by atoms with Gasteiger partial charge in [-0.15, -0.1) is 0 Å². The first-order valence-corrected chi connectivity index (χ1v) is 2.06. The van der Waals surface area contributed by atoms with Gasteiger partial charge in [0, 0.05) is 0 Å². The summed E-state index contributed by atoms with van der Waals surface area (Å²) in [6.45, 7) is 0. The van der Waals surface area contributed by atoms with Crippen LogP contribution in [0.1, 0.15) is 12.8 Å². The number of carboxylic acids is 2. The fraction of sp³-hybridized carbons (Fsp3) is 0.500. The van der Waals surface area contributed by atoms with Crippen LogP contribution in [0.4, 0.5) is 0 Å². The Hall–Kier alpha value is -0.180. The van der Waals surface area contributed by atoms with E-state index < -0.39 is 11.9 Å². The Bertz CT molecular complexity index is 100.0. The van der Waals surface area contributed by atoms with E-state index in [1.54, 1.807) is 0 Å². The molecule has 7 nitrogen and oxygen atoms in total. The van der Waals surface area contributed by atoms with Gasteiger partial charge in [0.1, 0.15) is 0 Å². The van der Waals surface area contributed by atoms with Crippen LogP contribution in [0.5, 0.6) is 0 Å². The Morgan fingerprint density at radius 1 is 0.833 bits per heavy atom. The summed E-state index contributed by atoms with van der Waals surface area (Å²) in [5.41, 5.74) is 0. The number of aliphatic carboxylic acids is 2. The van der Waals surface area contributed by atoms with Gasteiger partial charge >= 0.3 is 41.5 Å². The van der Waals surface area contributed by atoms with Crippen molar-refractivity contribution in [1.82, 2.24) is 0 Å². The zero-order chi connectivity index (χ0) is 6.57. The zero-order valence-electron chi connectivity index (χ0n) is 5.63. The average Bonchev–Trinajstić information content (AvgIpc) is 1.61. The van der Waals surface area contributed by atoms with Crippen molar-refractivity contribution < 1.29 is 36.2 Å². The van der Waals surface area contributed by atoms with E-state index in [1.165, 1.54) is 0 Å². The second kappa shape index (κ2) is 17.1. The van der Waals surface area contributed by atoms with E-state index in [9.17, 15) is 9.59 Å². The summed E-state index contributed by atoms with van der Waals surface area (Å²) >= 11 is 0.